The van der Waals surface area contributed by atoms with E-state index in [4.69, 9.17) is 0 Å². The van der Waals surface area contributed by atoms with Crippen LogP contribution in [0.3, 0.4) is 0 Å². The van der Waals surface area contributed by atoms with Gasteiger partial charge in [-0.1, -0.05) is 23.8 Å². The first-order valence-corrected chi connectivity index (χ1v) is 8.26. The number of ketones is 1. The number of fused-ring (bicyclic) bond motifs is 1. The molecule has 0 bridgehead atoms. The zero-order chi connectivity index (χ0) is 14.3. The Bertz CT molecular complexity index is 674. The Labute approximate surface area is 119 Å². The molecule has 0 N–H and O–H groups in total. The Hall–Kier alpha value is -1.46. The number of allylic oxidation sites excluding steroid dienone is 1. The molecule has 1 heterocycles. The highest BCUT2D eigenvalue weighted by Crippen LogP contribution is 2.33. The minimum Gasteiger partial charge on any atom is -0.294 e. The average molecular weight is 291 g/mol. The Morgan fingerprint density at radius 2 is 1.90 bits per heavy atom. The van der Waals surface area contributed by atoms with Gasteiger partial charge in [0.05, 0.1) is 10.9 Å². The fraction of sp³-hybridized carbons (Fsp3) is 0.400. The van der Waals surface area contributed by atoms with Gasteiger partial charge in [-0.05, 0) is 31.9 Å². The van der Waals surface area contributed by atoms with Gasteiger partial charge >= 0.3 is 0 Å². The molecule has 5 heteroatoms. The van der Waals surface area contributed by atoms with Crippen LogP contribution in [0.2, 0.25) is 0 Å². The Morgan fingerprint density at radius 1 is 1.20 bits per heavy atom. The van der Waals surface area contributed by atoms with Gasteiger partial charge in [0.1, 0.15) is 0 Å². The van der Waals surface area contributed by atoms with Crippen LogP contribution in [0.4, 0.5) is 0 Å². The van der Waals surface area contributed by atoms with Crippen LogP contribution in [0.15, 0.2) is 40.8 Å². The predicted octanol–water partition coefficient (Wildman–Crippen LogP) is 2.05. The van der Waals surface area contributed by atoms with Gasteiger partial charge in [-0.2, -0.15) is 4.31 Å². The van der Waals surface area contributed by atoms with Crippen molar-refractivity contribution in [3.8, 4) is 0 Å². The largest absolute Gasteiger partial charge is 0.294 e. The maximum absolute atomic E-state index is 12.7. The molecule has 2 aliphatic rings. The molecule has 1 unspecified atom stereocenters. The van der Waals surface area contributed by atoms with Gasteiger partial charge in [0.15, 0.2) is 5.78 Å². The third-order valence-corrected chi connectivity index (χ3v) is 5.94. The van der Waals surface area contributed by atoms with Crippen LogP contribution in [0.1, 0.15) is 24.8 Å². The number of carbonyl (C=O) groups excluding carboxylic acids is 1. The molecule has 1 aromatic rings. The minimum absolute atomic E-state index is 0.0999. The summed E-state index contributed by atoms with van der Waals surface area (Å²) in [7, 11) is -3.52. The van der Waals surface area contributed by atoms with Crippen LogP contribution >= 0.6 is 0 Å². The molecular weight excluding hydrogens is 274 g/mol. The zero-order valence-electron chi connectivity index (χ0n) is 11.4. The van der Waals surface area contributed by atoms with E-state index in [1.807, 2.05) is 13.0 Å². The van der Waals surface area contributed by atoms with E-state index in [0.717, 1.165) is 12.0 Å². The van der Waals surface area contributed by atoms with Crippen LogP contribution in [0, 0.1) is 6.92 Å². The average Bonchev–Trinajstić information content (AvgIpc) is 2.89. The van der Waals surface area contributed by atoms with E-state index in [2.05, 4.69) is 0 Å². The van der Waals surface area contributed by atoms with Crippen molar-refractivity contribution in [3.63, 3.8) is 0 Å². The topological polar surface area (TPSA) is 54.5 Å². The summed E-state index contributed by atoms with van der Waals surface area (Å²) in [5, 5.41) is 0. The maximum Gasteiger partial charge on any atom is 0.243 e. The lowest BCUT2D eigenvalue weighted by Crippen LogP contribution is -2.46. The standard InChI is InChI=1S/C15H17NO3S/c1-11-5-7-12(8-6-11)20(18,19)16-10-9-15(17)13-3-2-4-14(13)16/h3,5-8,14H,2,4,9-10H2,1H3. The number of carbonyl (C=O) groups is 1. The second kappa shape index (κ2) is 4.82. The third-order valence-electron chi connectivity index (χ3n) is 4.02. The molecule has 106 valence electrons. The van der Waals surface area contributed by atoms with Crippen molar-refractivity contribution in [2.45, 2.75) is 37.1 Å². The van der Waals surface area contributed by atoms with Crippen molar-refractivity contribution < 1.29 is 13.2 Å². The summed E-state index contributed by atoms with van der Waals surface area (Å²) in [5.41, 5.74) is 1.71. The van der Waals surface area contributed by atoms with E-state index in [9.17, 15) is 13.2 Å². The zero-order valence-corrected chi connectivity index (χ0v) is 12.2. The number of benzene rings is 1. The molecule has 3 rings (SSSR count). The molecule has 0 amide bonds. The fourth-order valence-corrected chi connectivity index (χ4v) is 4.57. The quantitative estimate of drug-likeness (QED) is 0.838. The second-order valence-electron chi connectivity index (χ2n) is 5.35. The molecule has 1 saturated heterocycles. The summed E-state index contributed by atoms with van der Waals surface area (Å²) in [6, 6.07) is 6.61. The Kier molecular flexibility index (Phi) is 3.26. The van der Waals surface area contributed by atoms with Gasteiger partial charge in [0.2, 0.25) is 10.0 Å². The van der Waals surface area contributed by atoms with Crippen molar-refractivity contribution in [2.75, 3.05) is 6.54 Å². The Balaban J connectivity index is 1.97. The van der Waals surface area contributed by atoms with E-state index in [1.54, 1.807) is 24.3 Å². The Morgan fingerprint density at radius 3 is 2.60 bits per heavy atom. The molecule has 1 fully saturated rings. The van der Waals surface area contributed by atoms with Crippen molar-refractivity contribution in [1.82, 2.24) is 4.31 Å². The number of Topliss-reactive ketones (excluding diaryl/α,β-unsaturated/α-hetero) is 1. The molecule has 1 aromatic carbocycles. The van der Waals surface area contributed by atoms with Crippen LogP contribution in [-0.4, -0.2) is 31.1 Å². The van der Waals surface area contributed by atoms with Gasteiger partial charge in [-0.25, -0.2) is 8.42 Å². The van der Waals surface area contributed by atoms with E-state index < -0.39 is 10.0 Å². The van der Waals surface area contributed by atoms with E-state index in [0.29, 0.717) is 16.9 Å². The fourth-order valence-electron chi connectivity index (χ4n) is 2.93. The maximum atomic E-state index is 12.7. The van der Waals surface area contributed by atoms with Gasteiger partial charge < -0.3 is 0 Å². The first-order valence-electron chi connectivity index (χ1n) is 6.82. The monoisotopic (exact) mass is 291 g/mol. The normalized spacial score (nSPS) is 23.6. The highest BCUT2D eigenvalue weighted by atomic mass is 32.2. The molecule has 1 aliphatic carbocycles. The van der Waals surface area contributed by atoms with Crippen molar-refractivity contribution in [3.05, 3.63) is 41.5 Å². The number of aryl methyl sites for hydroxylation is 1. The molecule has 1 aliphatic heterocycles. The smallest absolute Gasteiger partial charge is 0.243 e. The van der Waals surface area contributed by atoms with Crippen molar-refractivity contribution in [2.24, 2.45) is 0 Å². The molecule has 1 atom stereocenters. The summed E-state index contributed by atoms with van der Waals surface area (Å²) in [6.07, 6.45) is 3.68. The van der Waals surface area contributed by atoms with Crippen LogP contribution < -0.4 is 0 Å². The lowest BCUT2D eigenvalue weighted by Gasteiger charge is -2.33. The summed E-state index contributed by atoms with van der Waals surface area (Å²) in [4.78, 5) is 12.1. The number of nitrogens with zero attached hydrogens (tertiary/aromatic N) is 1. The first-order chi connectivity index (χ1) is 9.50. The highest BCUT2D eigenvalue weighted by Gasteiger charge is 2.40. The molecule has 4 nitrogen and oxygen atoms in total. The lowest BCUT2D eigenvalue weighted by molar-refractivity contribution is -0.117. The highest BCUT2D eigenvalue weighted by molar-refractivity contribution is 7.89. The molecule has 0 radical (unpaired) electrons. The molecule has 0 saturated carbocycles. The SMILES string of the molecule is Cc1ccc(S(=O)(=O)N2CCC(=O)C3=CCCC32)cc1. The first kappa shape index (κ1) is 13.5. The molecule has 20 heavy (non-hydrogen) atoms. The van der Waals surface area contributed by atoms with Crippen LogP contribution in [0.25, 0.3) is 0 Å². The van der Waals surface area contributed by atoms with Gasteiger partial charge in [-0.15, -0.1) is 0 Å². The summed E-state index contributed by atoms with van der Waals surface area (Å²) in [6.45, 7) is 2.21. The number of sulfonamides is 1. The number of hydrogen-bond donors (Lipinski definition) is 0. The van der Waals surface area contributed by atoms with Crippen molar-refractivity contribution in [1.29, 1.82) is 0 Å². The summed E-state index contributed by atoms with van der Waals surface area (Å²) >= 11 is 0. The van der Waals surface area contributed by atoms with Gasteiger partial charge in [0, 0.05) is 18.5 Å². The van der Waals surface area contributed by atoms with Crippen molar-refractivity contribution >= 4 is 15.8 Å². The van der Waals surface area contributed by atoms with E-state index >= 15 is 0 Å². The minimum atomic E-state index is -3.52. The van der Waals surface area contributed by atoms with E-state index in [1.165, 1.54) is 4.31 Å². The van der Waals surface area contributed by atoms with E-state index in [-0.39, 0.29) is 24.8 Å². The second-order valence-corrected chi connectivity index (χ2v) is 7.25. The van der Waals surface area contributed by atoms with Gasteiger partial charge in [-0.3, -0.25) is 4.79 Å². The number of piperidine rings is 1. The lowest BCUT2D eigenvalue weighted by atomic mass is 9.99. The van der Waals surface area contributed by atoms with Crippen LogP contribution in [-0.2, 0) is 14.8 Å². The molecule has 0 aromatic heterocycles. The molecule has 0 spiro atoms. The predicted molar refractivity (Wildman–Crippen MR) is 75.8 cm³/mol. The van der Waals surface area contributed by atoms with Crippen LogP contribution in [0.5, 0.6) is 0 Å². The van der Waals surface area contributed by atoms with Gasteiger partial charge in [0.25, 0.3) is 0 Å². The summed E-state index contributed by atoms with van der Waals surface area (Å²) < 4.78 is 27.0. The number of hydrogen-bond acceptors (Lipinski definition) is 3. The third kappa shape index (κ3) is 2.11. The number of rotatable bonds is 2. The molecular formula is C15H17NO3S. The summed E-state index contributed by atoms with van der Waals surface area (Å²) in [5.74, 6) is 0.0999.